The van der Waals surface area contributed by atoms with Crippen molar-refractivity contribution in [2.75, 3.05) is 36.8 Å². The van der Waals surface area contributed by atoms with Crippen LogP contribution in [0, 0.1) is 0 Å². The Labute approximate surface area is 141 Å². The lowest BCUT2D eigenvalue weighted by Gasteiger charge is -2.36. The van der Waals surface area contributed by atoms with E-state index in [1.165, 1.54) is 10.6 Å². The molecular weight excluding hydrogens is 306 g/mol. The molecule has 4 nitrogen and oxygen atoms in total. The first-order chi connectivity index (χ1) is 11.2. The van der Waals surface area contributed by atoms with Crippen molar-refractivity contribution in [2.45, 2.75) is 19.3 Å². The summed E-state index contributed by atoms with van der Waals surface area (Å²) >= 11 is 1.77. The Hall–Kier alpha value is -2.01. The number of nitrogens with two attached hydrogens (primary N) is 1. The van der Waals surface area contributed by atoms with Gasteiger partial charge in [0.05, 0.1) is 0 Å². The van der Waals surface area contributed by atoms with Crippen LogP contribution in [0.3, 0.4) is 0 Å². The van der Waals surface area contributed by atoms with Gasteiger partial charge in [-0.3, -0.25) is 4.79 Å². The first-order valence-electron chi connectivity index (χ1n) is 8.13. The van der Waals surface area contributed by atoms with E-state index in [0.29, 0.717) is 12.3 Å². The van der Waals surface area contributed by atoms with Crippen LogP contribution in [0.15, 0.2) is 41.8 Å². The maximum Gasteiger partial charge on any atom is 0.222 e. The molecule has 1 aromatic heterocycles. The van der Waals surface area contributed by atoms with Crippen molar-refractivity contribution in [3.05, 3.63) is 46.7 Å². The van der Waals surface area contributed by atoms with Crippen LogP contribution in [0.1, 0.15) is 17.7 Å². The summed E-state index contributed by atoms with van der Waals surface area (Å²) in [5.41, 5.74) is 7.70. The summed E-state index contributed by atoms with van der Waals surface area (Å²) in [5.74, 6) is 0.290. The number of benzene rings is 1. The molecule has 1 saturated heterocycles. The topological polar surface area (TPSA) is 49.6 Å². The van der Waals surface area contributed by atoms with Gasteiger partial charge in [0.2, 0.25) is 5.91 Å². The van der Waals surface area contributed by atoms with E-state index in [0.717, 1.165) is 44.7 Å². The molecule has 0 saturated carbocycles. The smallest absolute Gasteiger partial charge is 0.222 e. The zero-order valence-electron chi connectivity index (χ0n) is 13.3. The summed E-state index contributed by atoms with van der Waals surface area (Å²) in [7, 11) is 0. The maximum atomic E-state index is 12.3. The van der Waals surface area contributed by atoms with Crippen LogP contribution in [0.2, 0.25) is 0 Å². The number of carbonyl (C=O) groups is 1. The van der Waals surface area contributed by atoms with Gasteiger partial charge in [0.1, 0.15) is 0 Å². The Morgan fingerprint density at radius 1 is 1.09 bits per heavy atom. The van der Waals surface area contributed by atoms with Crippen molar-refractivity contribution in [1.29, 1.82) is 0 Å². The van der Waals surface area contributed by atoms with Crippen LogP contribution in [0.4, 0.5) is 11.4 Å². The number of hydrogen-bond acceptors (Lipinski definition) is 4. The summed E-state index contributed by atoms with van der Waals surface area (Å²) in [6, 6.07) is 12.2. The fourth-order valence-electron chi connectivity index (χ4n) is 2.93. The number of rotatable bonds is 5. The second kappa shape index (κ2) is 7.51. The van der Waals surface area contributed by atoms with Crippen LogP contribution >= 0.6 is 11.3 Å². The van der Waals surface area contributed by atoms with E-state index >= 15 is 0 Å². The van der Waals surface area contributed by atoms with Gasteiger partial charge in [-0.1, -0.05) is 6.07 Å². The minimum absolute atomic E-state index is 0.290. The molecule has 3 rings (SSSR count). The normalized spacial score (nSPS) is 15.0. The van der Waals surface area contributed by atoms with Gasteiger partial charge in [-0.05, 0) is 48.6 Å². The highest BCUT2D eigenvalue weighted by Gasteiger charge is 2.20. The number of nitrogen functional groups attached to an aromatic ring is 1. The van der Waals surface area contributed by atoms with Crippen molar-refractivity contribution in [1.82, 2.24) is 4.90 Å². The van der Waals surface area contributed by atoms with Gasteiger partial charge in [0.25, 0.3) is 0 Å². The Bertz CT molecular complexity index is 616. The van der Waals surface area contributed by atoms with Gasteiger partial charge in [-0.15, -0.1) is 11.3 Å². The minimum Gasteiger partial charge on any atom is -0.399 e. The molecule has 0 spiro atoms. The van der Waals surface area contributed by atoms with E-state index in [4.69, 9.17) is 5.73 Å². The molecule has 1 aliphatic rings. The third-order valence-electron chi connectivity index (χ3n) is 4.28. The SMILES string of the molecule is Nc1ccc(N2CCN(C(=O)CCCc3cccs3)CC2)cc1. The lowest BCUT2D eigenvalue weighted by atomic mass is 10.2. The van der Waals surface area contributed by atoms with Crippen molar-refractivity contribution in [3.63, 3.8) is 0 Å². The molecule has 2 N–H and O–H groups in total. The molecule has 23 heavy (non-hydrogen) atoms. The van der Waals surface area contributed by atoms with Crippen molar-refractivity contribution in [3.8, 4) is 0 Å². The number of amides is 1. The number of carbonyl (C=O) groups excluding carboxylic acids is 1. The highest BCUT2D eigenvalue weighted by atomic mass is 32.1. The van der Waals surface area contributed by atoms with Crippen LogP contribution in [-0.4, -0.2) is 37.0 Å². The third-order valence-corrected chi connectivity index (χ3v) is 5.22. The highest BCUT2D eigenvalue weighted by Crippen LogP contribution is 2.19. The average molecular weight is 329 g/mol. The lowest BCUT2D eigenvalue weighted by Crippen LogP contribution is -2.48. The average Bonchev–Trinajstić information content (AvgIpc) is 3.09. The predicted molar refractivity (Wildman–Crippen MR) is 96.9 cm³/mol. The van der Waals surface area contributed by atoms with Gasteiger partial charge in [0, 0.05) is 48.9 Å². The van der Waals surface area contributed by atoms with Crippen LogP contribution < -0.4 is 10.6 Å². The van der Waals surface area contributed by atoms with E-state index < -0.39 is 0 Å². The molecule has 2 aromatic rings. The fourth-order valence-corrected chi connectivity index (χ4v) is 3.68. The summed E-state index contributed by atoms with van der Waals surface area (Å²) < 4.78 is 0. The molecule has 0 atom stereocenters. The van der Waals surface area contributed by atoms with E-state index in [2.05, 4.69) is 22.4 Å². The van der Waals surface area contributed by atoms with E-state index in [1.54, 1.807) is 11.3 Å². The summed E-state index contributed by atoms with van der Waals surface area (Å²) in [4.78, 5) is 18.0. The number of piperazine rings is 1. The maximum absolute atomic E-state index is 12.3. The molecule has 5 heteroatoms. The molecule has 0 radical (unpaired) electrons. The largest absolute Gasteiger partial charge is 0.399 e. The van der Waals surface area contributed by atoms with Gasteiger partial charge < -0.3 is 15.5 Å². The molecule has 1 fully saturated rings. The molecule has 0 unspecified atom stereocenters. The zero-order chi connectivity index (χ0) is 16.1. The second-order valence-electron chi connectivity index (χ2n) is 5.89. The molecule has 1 aromatic carbocycles. The van der Waals surface area contributed by atoms with Crippen molar-refractivity contribution < 1.29 is 4.79 Å². The van der Waals surface area contributed by atoms with Gasteiger partial charge in [-0.2, -0.15) is 0 Å². The van der Waals surface area contributed by atoms with E-state index in [1.807, 2.05) is 29.2 Å². The predicted octanol–water partition coefficient (Wildman–Crippen LogP) is 3.00. The third kappa shape index (κ3) is 4.26. The first-order valence-corrected chi connectivity index (χ1v) is 9.01. The summed E-state index contributed by atoms with van der Waals surface area (Å²) in [6.45, 7) is 3.39. The number of aryl methyl sites for hydroxylation is 1. The zero-order valence-corrected chi connectivity index (χ0v) is 14.1. The quantitative estimate of drug-likeness (QED) is 0.858. The van der Waals surface area contributed by atoms with Gasteiger partial charge >= 0.3 is 0 Å². The number of nitrogens with zero attached hydrogens (tertiary/aromatic N) is 2. The molecule has 2 heterocycles. The number of hydrogen-bond donors (Lipinski definition) is 1. The number of thiophene rings is 1. The number of anilines is 2. The molecule has 0 bridgehead atoms. The second-order valence-corrected chi connectivity index (χ2v) is 6.92. The summed E-state index contributed by atoms with van der Waals surface area (Å²) in [5, 5.41) is 2.09. The van der Waals surface area contributed by atoms with Crippen LogP contribution in [0.25, 0.3) is 0 Å². The molecule has 122 valence electrons. The lowest BCUT2D eigenvalue weighted by molar-refractivity contribution is -0.131. The Balaban J connectivity index is 1.43. The van der Waals surface area contributed by atoms with Crippen LogP contribution in [-0.2, 0) is 11.2 Å². The van der Waals surface area contributed by atoms with Gasteiger partial charge in [0.15, 0.2) is 0 Å². The monoisotopic (exact) mass is 329 g/mol. The standard InChI is InChI=1S/C18H23N3OS/c19-15-6-8-16(9-7-15)20-10-12-21(13-11-20)18(22)5-1-3-17-4-2-14-23-17/h2,4,6-9,14H,1,3,5,10-13,19H2. The van der Waals surface area contributed by atoms with Crippen molar-refractivity contribution >= 4 is 28.6 Å². The van der Waals surface area contributed by atoms with E-state index in [-0.39, 0.29) is 0 Å². The van der Waals surface area contributed by atoms with Crippen molar-refractivity contribution in [2.24, 2.45) is 0 Å². The highest BCUT2D eigenvalue weighted by molar-refractivity contribution is 7.09. The minimum atomic E-state index is 0.290. The fraction of sp³-hybridized carbons (Fsp3) is 0.389. The van der Waals surface area contributed by atoms with Crippen LogP contribution in [0.5, 0.6) is 0 Å². The molecule has 1 amide bonds. The Morgan fingerprint density at radius 2 is 1.83 bits per heavy atom. The molecular formula is C18H23N3OS. The summed E-state index contributed by atoms with van der Waals surface area (Å²) in [6.07, 6.45) is 2.60. The Kier molecular flexibility index (Phi) is 5.18. The Morgan fingerprint density at radius 3 is 2.48 bits per heavy atom. The van der Waals surface area contributed by atoms with Gasteiger partial charge in [-0.25, -0.2) is 0 Å². The first kappa shape index (κ1) is 15.9. The molecule has 0 aliphatic carbocycles. The molecule has 1 aliphatic heterocycles. The van der Waals surface area contributed by atoms with E-state index in [9.17, 15) is 4.79 Å².